The second kappa shape index (κ2) is 9.15. The van der Waals surface area contributed by atoms with E-state index in [0.717, 1.165) is 49.5 Å². The highest BCUT2D eigenvalue weighted by atomic mass is 16.3. The third-order valence-electron chi connectivity index (χ3n) is 8.91. The average molecular weight is 575 g/mol. The van der Waals surface area contributed by atoms with Gasteiger partial charge in [-0.05, 0) is 69.4 Å². The van der Waals surface area contributed by atoms with E-state index in [2.05, 4.69) is 102 Å². The van der Waals surface area contributed by atoms with E-state index in [4.69, 9.17) is 19.4 Å². The lowest BCUT2D eigenvalue weighted by Crippen LogP contribution is -2.00. The first-order valence-electron chi connectivity index (χ1n) is 15.0. The number of nitrogens with zero attached hydrogens (tertiary/aromatic N) is 4. The van der Waals surface area contributed by atoms with Crippen molar-refractivity contribution >= 4 is 43.6 Å². The van der Waals surface area contributed by atoms with Gasteiger partial charge >= 0.3 is 0 Å². The Morgan fingerprint density at radius 1 is 0.422 bits per heavy atom. The fraction of sp³-hybridized carbons (Fsp3) is 0. The van der Waals surface area contributed by atoms with Gasteiger partial charge in [-0.2, -0.15) is 0 Å². The predicted octanol–water partition coefficient (Wildman–Crippen LogP) is 10.1. The molecule has 9 aromatic rings. The van der Waals surface area contributed by atoms with E-state index < -0.39 is 0 Å². The van der Waals surface area contributed by atoms with Gasteiger partial charge in [-0.25, -0.2) is 15.0 Å². The van der Waals surface area contributed by atoms with Crippen molar-refractivity contribution < 1.29 is 4.42 Å². The molecule has 10 rings (SSSR count). The number of fused-ring (bicyclic) bond motifs is 7. The second-order valence-corrected chi connectivity index (χ2v) is 11.5. The molecule has 6 aromatic carbocycles. The average Bonchev–Trinajstić information content (AvgIpc) is 3.65. The Morgan fingerprint density at radius 3 is 2.07 bits per heavy atom. The summed E-state index contributed by atoms with van der Waals surface area (Å²) in [5, 5.41) is 5.54. The maximum atomic E-state index is 6.22. The van der Waals surface area contributed by atoms with Gasteiger partial charge < -0.3 is 4.42 Å². The number of furan rings is 1. The zero-order valence-corrected chi connectivity index (χ0v) is 23.9. The van der Waals surface area contributed by atoms with E-state index in [1.54, 1.807) is 0 Å². The third kappa shape index (κ3) is 3.61. The molecule has 0 bridgehead atoms. The van der Waals surface area contributed by atoms with Crippen molar-refractivity contribution in [1.82, 2.24) is 19.9 Å². The Bertz CT molecular complexity index is 2670. The van der Waals surface area contributed by atoms with Crippen LogP contribution in [0, 0.1) is 0 Å². The van der Waals surface area contributed by atoms with E-state index in [1.807, 2.05) is 36.5 Å². The summed E-state index contributed by atoms with van der Waals surface area (Å²) < 4.78 is 6.22. The molecule has 208 valence electrons. The summed E-state index contributed by atoms with van der Waals surface area (Å²) in [7, 11) is 0. The van der Waals surface area contributed by atoms with Crippen molar-refractivity contribution in [2.45, 2.75) is 0 Å². The first kappa shape index (κ1) is 24.3. The fourth-order valence-corrected chi connectivity index (χ4v) is 6.84. The van der Waals surface area contributed by atoms with Crippen molar-refractivity contribution in [3.05, 3.63) is 134 Å². The first-order valence-corrected chi connectivity index (χ1v) is 15.0. The van der Waals surface area contributed by atoms with Gasteiger partial charge in [0.25, 0.3) is 0 Å². The molecule has 0 amide bonds. The van der Waals surface area contributed by atoms with Gasteiger partial charge in [0.1, 0.15) is 11.2 Å². The molecule has 0 N–H and O–H groups in total. The van der Waals surface area contributed by atoms with Crippen molar-refractivity contribution in [3.8, 4) is 56.4 Å². The number of hydrogen-bond acceptors (Lipinski definition) is 5. The zero-order valence-electron chi connectivity index (χ0n) is 23.9. The number of rotatable bonds is 3. The van der Waals surface area contributed by atoms with Gasteiger partial charge in [0, 0.05) is 39.0 Å². The fourth-order valence-electron chi connectivity index (χ4n) is 6.84. The normalized spacial score (nSPS) is 12.0. The summed E-state index contributed by atoms with van der Waals surface area (Å²) in [6.07, 6.45) is 1.89. The molecule has 0 spiro atoms. The van der Waals surface area contributed by atoms with Crippen LogP contribution < -0.4 is 0 Å². The van der Waals surface area contributed by atoms with Crippen LogP contribution in [0.1, 0.15) is 0 Å². The Balaban J connectivity index is 1.22. The van der Waals surface area contributed by atoms with E-state index in [9.17, 15) is 0 Å². The largest absolute Gasteiger partial charge is 0.456 e. The quantitative estimate of drug-likeness (QED) is 0.210. The van der Waals surface area contributed by atoms with Gasteiger partial charge in [-0.1, -0.05) is 91.0 Å². The number of hydrogen-bond donors (Lipinski definition) is 0. The van der Waals surface area contributed by atoms with Crippen molar-refractivity contribution in [3.63, 3.8) is 0 Å². The number of para-hydroxylation sites is 1. The maximum absolute atomic E-state index is 6.22. The standard InChI is InChI=1S/C40H22N4O/c1-2-8-24-21-25(16-15-23(24)7-1)38-42-39(26-17-18-27-29-19-20-41-33-12-5-10-28(36(29)33)32(27)22-26)44-40(43-38)31-11-6-14-35-37(31)30-9-3-4-13-34(30)45-35/h1-22H. The van der Waals surface area contributed by atoms with Crippen molar-refractivity contribution in [1.29, 1.82) is 0 Å². The SMILES string of the molecule is c1ccc2cc(-c3nc(-c4ccc5c(c4)-c4cccc6nccc-5c46)nc(-c4cccc5oc6ccccc6c45)n3)ccc2c1. The van der Waals surface area contributed by atoms with Crippen LogP contribution in [-0.2, 0) is 0 Å². The van der Waals surface area contributed by atoms with Gasteiger partial charge in [-0.3, -0.25) is 4.98 Å². The molecule has 5 nitrogen and oxygen atoms in total. The highest BCUT2D eigenvalue weighted by molar-refractivity contribution is 6.15. The molecular weight excluding hydrogens is 552 g/mol. The lowest BCUT2D eigenvalue weighted by molar-refractivity contribution is 0.669. The molecule has 45 heavy (non-hydrogen) atoms. The lowest BCUT2D eigenvalue weighted by atomic mass is 10.0. The van der Waals surface area contributed by atoms with Crippen LogP contribution in [0.15, 0.2) is 138 Å². The summed E-state index contributed by atoms with van der Waals surface area (Å²) in [6.45, 7) is 0. The molecule has 0 saturated heterocycles. The Hall–Kier alpha value is -6.20. The molecular formula is C40H22N4O. The van der Waals surface area contributed by atoms with Crippen LogP contribution in [0.5, 0.6) is 0 Å². The van der Waals surface area contributed by atoms with Crippen LogP contribution in [0.4, 0.5) is 0 Å². The zero-order chi connectivity index (χ0) is 29.5. The predicted molar refractivity (Wildman–Crippen MR) is 181 cm³/mol. The first-order chi connectivity index (χ1) is 22.3. The molecule has 0 unspecified atom stereocenters. The lowest BCUT2D eigenvalue weighted by Gasteiger charge is -2.11. The molecule has 0 atom stereocenters. The molecule has 1 aliphatic carbocycles. The number of benzene rings is 6. The molecule has 0 aliphatic heterocycles. The van der Waals surface area contributed by atoms with E-state index in [1.165, 1.54) is 33.0 Å². The molecule has 5 heteroatoms. The summed E-state index contributed by atoms with van der Waals surface area (Å²) in [4.78, 5) is 20.0. The minimum atomic E-state index is 0.607. The van der Waals surface area contributed by atoms with Gasteiger partial charge in [0.15, 0.2) is 17.5 Å². The molecule has 3 heterocycles. The summed E-state index contributed by atoms with van der Waals surface area (Å²) in [5.41, 5.74) is 10.2. The highest BCUT2D eigenvalue weighted by Gasteiger charge is 2.23. The van der Waals surface area contributed by atoms with Crippen LogP contribution in [0.2, 0.25) is 0 Å². The topological polar surface area (TPSA) is 64.7 Å². The van der Waals surface area contributed by atoms with Crippen molar-refractivity contribution in [2.75, 3.05) is 0 Å². The summed E-state index contributed by atoms with van der Waals surface area (Å²) in [5.74, 6) is 1.85. The number of pyridine rings is 1. The van der Waals surface area contributed by atoms with Gasteiger partial charge in [-0.15, -0.1) is 0 Å². The van der Waals surface area contributed by atoms with Gasteiger partial charge in [0.2, 0.25) is 0 Å². The van der Waals surface area contributed by atoms with E-state index in [-0.39, 0.29) is 0 Å². The van der Waals surface area contributed by atoms with Crippen molar-refractivity contribution in [2.24, 2.45) is 0 Å². The molecule has 3 aromatic heterocycles. The Morgan fingerprint density at radius 2 is 1.13 bits per heavy atom. The third-order valence-corrected chi connectivity index (χ3v) is 8.91. The maximum Gasteiger partial charge on any atom is 0.164 e. The molecule has 0 saturated carbocycles. The molecule has 1 aliphatic rings. The monoisotopic (exact) mass is 574 g/mol. The van der Waals surface area contributed by atoms with Crippen LogP contribution in [0.3, 0.4) is 0 Å². The summed E-state index contributed by atoms with van der Waals surface area (Å²) in [6, 6.07) is 43.8. The van der Waals surface area contributed by atoms with Crippen LogP contribution in [-0.4, -0.2) is 19.9 Å². The number of aromatic nitrogens is 4. The smallest absolute Gasteiger partial charge is 0.164 e. The minimum absolute atomic E-state index is 0.607. The van der Waals surface area contributed by atoms with Crippen LogP contribution >= 0.6 is 0 Å². The van der Waals surface area contributed by atoms with E-state index in [0.29, 0.717) is 17.5 Å². The molecule has 0 fully saturated rings. The Labute approximate surface area is 257 Å². The second-order valence-electron chi connectivity index (χ2n) is 11.5. The van der Waals surface area contributed by atoms with Crippen LogP contribution in [0.25, 0.3) is 100 Å². The summed E-state index contributed by atoms with van der Waals surface area (Å²) >= 11 is 0. The Kier molecular flexibility index (Phi) is 4.93. The van der Waals surface area contributed by atoms with Gasteiger partial charge in [0.05, 0.1) is 5.52 Å². The highest BCUT2D eigenvalue weighted by Crippen LogP contribution is 2.47. The van der Waals surface area contributed by atoms with E-state index >= 15 is 0 Å². The molecule has 0 radical (unpaired) electrons. The minimum Gasteiger partial charge on any atom is -0.456 e.